The average Bonchev–Trinajstić information content (AvgIpc) is 3.07. The normalized spacial score (nSPS) is 18.8. The monoisotopic (exact) mass is 445 g/mol. The first-order chi connectivity index (χ1) is 14.4. The second kappa shape index (κ2) is 8.27. The van der Waals surface area contributed by atoms with Gasteiger partial charge in [0.25, 0.3) is 5.92 Å². The van der Waals surface area contributed by atoms with Crippen molar-refractivity contribution in [3.63, 3.8) is 0 Å². The van der Waals surface area contributed by atoms with Gasteiger partial charge in [0.05, 0.1) is 11.1 Å². The molecule has 3 rings (SSSR count). The number of ether oxygens (including phenoxy) is 1. The number of rotatable bonds is 6. The number of nitrogens with zero attached hydrogens (tertiary/aromatic N) is 2. The van der Waals surface area contributed by atoms with Crippen molar-refractivity contribution < 1.29 is 36.3 Å². The zero-order chi connectivity index (χ0) is 23.0. The molecule has 0 aliphatic heterocycles. The molecule has 1 amide bonds. The number of carbonyl (C=O) groups excluding carboxylic acids is 2. The zero-order valence-electron chi connectivity index (χ0n) is 16.5. The highest BCUT2D eigenvalue weighted by Gasteiger charge is 2.54. The van der Waals surface area contributed by atoms with E-state index in [-0.39, 0.29) is 24.2 Å². The van der Waals surface area contributed by atoms with Crippen molar-refractivity contribution >= 4 is 11.9 Å². The molecule has 1 aliphatic rings. The van der Waals surface area contributed by atoms with Crippen LogP contribution in [0.15, 0.2) is 30.3 Å². The molecule has 1 aromatic heterocycles. The molecule has 0 bridgehead atoms. The lowest BCUT2D eigenvalue weighted by atomic mass is 9.89. The number of aromatic nitrogens is 2. The van der Waals surface area contributed by atoms with Gasteiger partial charge in [-0.05, 0) is 25.0 Å². The summed E-state index contributed by atoms with van der Waals surface area (Å²) in [5, 5.41) is 3.51. The maximum Gasteiger partial charge on any atom is 0.435 e. The summed E-state index contributed by atoms with van der Waals surface area (Å²) in [6.45, 7) is 1.37. The summed E-state index contributed by atoms with van der Waals surface area (Å²) in [4.78, 5) is 23.6. The number of hydrogen-bond acceptors (Lipinski definition) is 4. The van der Waals surface area contributed by atoms with Crippen LogP contribution in [0.25, 0.3) is 0 Å². The van der Waals surface area contributed by atoms with Crippen LogP contribution >= 0.6 is 0 Å². The van der Waals surface area contributed by atoms with Gasteiger partial charge >= 0.3 is 12.1 Å². The van der Waals surface area contributed by atoms with Crippen LogP contribution in [0.1, 0.15) is 53.2 Å². The van der Waals surface area contributed by atoms with Crippen molar-refractivity contribution in [2.45, 2.75) is 50.9 Å². The number of aryl methyl sites for hydroxylation is 1. The number of nitrogens with two attached hydrogens (primary N) is 1. The molecule has 1 unspecified atom stereocenters. The maximum absolute atomic E-state index is 14.7. The fourth-order valence-electron chi connectivity index (χ4n) is 3.42. The molecule has 1 aromatic carbocycles. The van der Waals surface area contributed by atoms with Crippen molar-refractivity contribution in [3.8, 4) is 0 Å². The minimum Gasteiger partial charge on any atom is -0.447 e. The minimum absolute atomic E-state index is 0.0679. The van der Waals surface area contributed by atoms with E-state index in [0.717, 1.165) is 4.68 Å². The molecular formula is C20H20F5N3O3. The fourth-order valence-corrected chi connectivity index (χ4v) is 3.42. The van der Waals surface area contributed by atoms with Gasteiger partial charge < -0.3 is 10.5 Å². The van der Waals surface area contributed by atoms with Gasteiger partial charge in [0.1, 0.15) is 0 Å². The van der Waals surface area contributed by atoms with Gasteiger partial charge in [-0.3, -0.25) is 9.48 Å². The highest BCUT2D eigenvalue weighted by Crippen LogP contribution is 2.48. The van der Waals surface area contributed by atoms with Crippen molar-refractivity contribution in [1.82, 2.24) is 9.78 Å². The lowest BCUT2D eigenvalue weighted by Gasteiger charge is -2.32. The van der Waals surface area contributed by atoms with E-state index in [2.05, 4.69) is 5.10 Å². The first kappa shape index (κ1) is 22.7. The third-order valence-electron chi connectivity index (χ3n) is 5.20. The van der Waals surface area contributed by atoms with Crippen LogP contribution < -0.4 is 5.73 Å². The van der Waals surface area contributed by atoms with E-state index >= 15 is 0 Å². The van der Waals surface area contributed by atoms with Crippen LogP contribution in [0.5, 0.6) is 0 Å². The first-order valence-electron chi connectivity index (χ1n) is 9.51. The number of halogens is 5. The number of fused-ring (bicyclic) bond motifs is 1. The molecule has 2 aromatic rings. The number of primary amides is 1. The Balaban J connectivity index is 2.02. The minimum atomic E-state index is -5.05. The Morgan fingerprint density at radius 3 is 2.52 bits per heavy atom. The lowest BCUT2D eigenvalue weighted by Crippen LogP contribution is -2.36. The van der Waals surface area contributed by atoms with Crippen LogP contribution in [0, 0.1) is 5.92 Å². The molecule has 2 atom stereocenters. The number of hydrogen-bond donors (Lipinski definition) is 1. The van der Waals surface area contributed by atoms with Crippen LogP contribution in [0.2, 0.25) is 0 Å². The van der Waals surface area contributed by atoms with Crippen LogP contribution in [-0.4, -0.2) is 27.6 Å². The lowest BCUT2D eigenvalue weighted by molar-refractivity contribution is -0.151. The molecule has 1 heterocycles. The van der Waals surface area contributed by atoms with Gasteiger partial charge in [0.15, 0.2) is 11.8 Å². The van der Waals surface area contributed by atoms with Crippen molar-refractivity contribution in [1.29, 1.82) is 0 Å². The number of esters is 1. The van der Waals surface area contributed by atoms with Crippen LogP contribution in [-0.2, 0) is 28.7 Å². The van der Waals surface area contributed by atoms with Gasteiger partial charge in [-0.25, -0.2) is 13.6 Å². The summed E-state index contributed by atoms with van der Waals surface area (Å²) < 4.78 is 76.2. The van der Waals surface area contributed by atoms with Crippen molar-refractivity contribution in [2.24, 2.45) is 11.7 Å². The summed E-state index contributed by atoms with van der Waals surface area (Å²) in [5.41, 5.74) is 2.63. The van der Waals surface area contributed by atoms with E-state index in [0.29, 0.717) is 0 Å². The van der Waals surface area contributed by atoms with E-state index in [9.17, 15) is 31.5 Å². The molecule has 0 spiro atoms. The van der Waals surface area contributed by atoms with E-state index < -0.39 is 60.1 Å². The summed E-state index contributed by atoms with van der Waals surface area (Å²) in [7, 11) is 0. The highest BCUT2D eigenvalue weighted by molar-refractivity contribution is 5.89. The van der Waals surface area contributed by atoms with E-state index in [4.69, 9.17) is 10.5 Å². The molecule has 168 valence electrons. The topological polar surface area (TPSA) is 87.2 Å². The summed E-state index contributed by atoms with van der Waals surface area (Å²) in [6.07, 6.45) is -8.62. The Labute approximate surface area is 174 Å². The molecular weight excluding hydrogens is 425 g/mol. The smallest absolute Gasteiger partial charge is 0.435 e. The number of amides is 1. The van der Waals surface area contributed by atoms with Crippen molar-refractivity contribution in [3.05, 3.63) is 52.8 Å². The Morgan fingerprint density at radius 1 is 1.29 bits per heavy atom. The Morgan fingerprint density at radius 2 is 1.94 bits per heavy atom. The van der Waals surface area contributed by atoms with Gasteiger partial charge in [0, 0.05) is 24.6 Å². The number of carbonyl (C=O) groups is 2. The maximum atomic E-state index is 14.7. The molecule has 6 nitrogen and oxygen atoms in total. The molecule has 0 saturated heterocycles. The number of alkyl halides is 5. The quantitative estimate of drug-likeness (QED) is 0.540. The van der Waals surface area contributed by atoms with Gasteiger partial charge in [-0.1, -0.05) is 25.1 Å². The van der Waals surface area contributed by atoms with E-state index in [1.807, 2.05) is 0 Å². The largest absolute Gasteiger partial charge is 0.447 e. The van der Waals surface area contributed by atoms with Gasteiger partial charge in [-0.2, -0.15) is 18.3 Å². The van der Waals surface area contributed by atoms with Crippen LogP contribution in [0.3, 0.4) is 0 Å². The van der Waals surface area contributed by atoms with E-state index in [1.54, 1.807) is 6.07 Å². The summed E-state index contributed by atoms with van der Waals surface area (Å²) >= 11 is 0. The molecule has 1 aliphatic carbocycles. The highest BCUT2D eigenvalue weighted by atomic mass is 19.4. The standard InChI is InChI=1S/C20H20F5N3O3/c1-11(17(26)29)8-10-28-13-7-9-19(21,22)16(14(13)15(27-28)20(23,24)25)31-18(30)12-5-3-2-4-6-12/h2-6,11,16H,7-10H2,1H3,(H2,26,29)/t11?,16-/m0/s1. The Hall–Kier alpha value is -2.98. The van der Waals surface area contributed by atoms with Gasteiger partial charge in [-0.15, -0.1) is 0 Å². The van der Waals surface area contributed by atoms with Crippen LogP contribution in [0.4, 0.5) is 22.0 Å². The zero-order valence-corrected chi connectivity index (χ0v) is 16.5. The summed E-state index contributed by atoms with van der Waals surface area (Å²) in [6, 6.07) is 7.15. The van der Waals surface area contributed by atoms with E-state index in [1.165, 1.54) is 31.2 Å². The fraction of sp³-hybridized carbons (Fsp3) is 0.450. The first-order valence-corrected chi connectivity index (χ1v) is 9.51. The predicted molar refractivity (Wildman–Crippen MR) is 98.1 cm³/mol. The predicted octanol–water partition coefficient (Wildman–Crippen LogP) is 3.89. The molecule has 0 saturated carbocycles. The van der Waals surface area contributed by atoms with Gasteiger partial charge in [0.2, 0.25) is 5.91 Å². The third kappa shape index (κ3) is 4.70. The molecule has 11 heteroatoms. The Bertz CT molecular complexity index is 972. The second-order valence-electron chi connectivity index (χ2n) is 7.43. The molecule has 2 N–H and O–H groups in total. The molecule has 0 fully saturated rings. The SMILES string of the molecule is CC(CCn1nc(C(F)(F)F)c2c1CCC(F)(F)[C@H]2OC(=O)c1ccccc1)C(N)=O. The molecule has 0 radical (unpaired) electrons. The molecule has 31 heavy (non-hydrogen) atoms. The number of benzene rings is 1. The van der Waals surface area contributed by atoms with Crippen molar-refractivity contribution in [2.75, 3.05) is 0 Å². The Kier molecular flexibility index (Phi) is 6.06. The second-order valence-corrected chi connectivity index (χ2v) is 7.43. The average molecular weight is 445 g/mol. The third-order valence-corrected chi connectivity index (χ3v) is 5.20. The summed E-state index contributed by atoms with van der Waals surface area (Å²) in [5.74, 6) is -6.17.